The number of methoxy groups -OCH3 is 1. The maximum atomic E-state index is 15.2. The summed E-state index contributed by atoms with van der Waals surface area (Å²) in [5.74, 6) is 0.521. The molecule has 2 aliphatic heterocycles. The van der Waals surface area contributed by atoms with Crippen LogP contribution in [0.15, 0.2) is 52.8 Å². The Morgan fingerprint density at radius 2 is 1.92 bits per heavy atom. The van der Waals surface area contributed by atoms with Crippen LogP contribution in [0.25, 0.3) is 5.57 Å². The summed E-state index contributed by atoms with van der Waals surface area (Å²) < 4.78 is 38.4. The van der Waals surface area contributed by atoms with Crippen molar-refractivity contribution in [2.24, 2.45) is 0 Å². The molecule has 0 aliphatic carbocycles. The molecule has 1 aromatic heterocycles. The van der Waals surface area contributed by atoms with E-state index in [-0.39, 0.29) is 0 Å². The SMILES string of the molecule is COc1cc(Cl)ccc1C1=C2C=CC(Br)=[N+]2[B-](F)(F)n2c(Br)ccc21. The van der Waals surface area contributed by atoms with E-state index in [9.17, 15) is 0 Å². The highest BCUT2D eigenvalue weighted by Gasteiger charge is 2.54. The maximum absolute atomic E-state index is 15.2. The summed E-state index contributed by atoms with van der Waals surface area (Å²) >= 11 is 12.5. The summed E-state index contributed by atoms with van der Waals surface area (Å²) in [6.07, 6.45) is 3.29. The monoisotopic (exact) mass is 488 g/mol. The van der Waals surface area contributed by atoms with Gasteiger partial charge in [0.25, 0.3) is 0 Å². The largest absolute Gasteiger partial charge is 0.738 e. The smallest absolute Gasteiger partial charge is 0.496 e. The number of aromatic nitrogens is 1. The Morgan fingerprint density at radius 1 is 1.16 bits per heavy atom. The molecular formula is C16H10BBr2ClF2N2O. The van der Waals surface area contributed by atoms with Gasteiger partial charge in [-0.1, -0.05) is 11.6 Å². The van der Waals surface area contributed by atoms with Crippen LogP contribution in [0.1, 0.15) is 11.3 Å². The summed E-state index contributed by atoms with van der Waals surface area (Å²) in [5.41, 5.74) is 2.17. The Kier molecular flexibility index (Phi) is 3.97. The molecule has 0 unspecified atom stereocenters. The van der Waals surface area contributed by atoms with Gasteiger partial charge in [0.05, 0.1) is 17.3 Å². The molecule has 0 spiro atoms. The van der Waals surface area contributed by atoms with E-state index in [0.29, 0.717) is 42.5 Å². The molecule has 0 saturated carbocycles. The predicted molar refractivity (Wildman–Crippen MR) is 103 cm³/mol. The van der Waals surface area contributed by atoms with Crippen LogP contribution in [0, 0.1) is 0 Å². The van der Waals surface area contributed by atoms with Crippen LogP contribution in [0.2, 0.25) is 5.02 Å². The van der Waals surface area contributed by atoms with Gasteiger partial charge in [0.2, 0.25) is 4.62 Å². The topological polar surface area (TPSA) is 17.2 Å². The molecule has 128 valence electrons. The summed E-state index contributed by atoms with van der Waals surface area (Å²) in [7, 11) is 1.53. The normalized spacial score (nSPS) is 17.8. The van der Waals surface area contributed by atoms with Gasteiger partial charge in [-0.25, -0.2) is 0 Å². The average Bonchev–Trinajstić information content (AvgIpc) is 3.13. The second kappa shape index (κ2) is 5.82. The number of hydrogen-bond donors (Lipinski definition) is 0. The van der Waals surface area contributed by atoms with Gasteiger partial charge >= 0.3 is 6.97 Å². The van der Waals surface area contributed by atoms with Crippen LogP contribution < -0.4 is 4.74 Å². The second-order valence-electron chi connectivity index (χ2n) is 5.63. The van der Waals surface area contributed by atoms with Crippen molar-refractivity contribution < 1.29 is 17.9 Å². The molecule has 0 saturated heterocycles. The molecule has 4 rings (SSSR count). The summed E-state index contributed by atoms with van der Waals surface area (Å²) in [6, 6.07) is 8.46. The van der Waals surface area contributed by atoms with Crippen molar-refractivity contribution in [1.82, 2.24) is 4.48 Å². The zero-order valence-corrected chi connectivity index (χ0v) is 16.7. The number of allylic oxidation sites excluding steroid dienone is 2. The van der Waals surface area contributed by atoms with Gasteiger partial charge in [0.1, 0.15) is 5.75 Å². The lowest BCUT2D eigenvalue weighted by Gasteiger charge is -2.32. The van der Waals surface area contributed by atoms with Crippen molar-refractivity contribution in [2.45, 2.75) is 0 Å². The zero-order valence-electron chi connectivity index (χ0n) is 12.8. The Balaban J connectivity index is 2.12. The molecule has 9 heteroatoms. The molecule has 25 heavy (non-hydrogen) atoms. The fourth-order valence-corrected chi connectivity index (χ4v) is 4.58. The number of rotatable bonds is 2. The molecule has 2 aromatic rings. The van der Waals surface area contributed by atoms with Crippen LogP contribution in [0.3, 0.4) is 0 Å². The second-order valence-corrected chi connectivity index (χ2v) is 7.69. The first-order chi connectivity index (χ1) is 11.9. The molecule has 1 aromatic carbocycles. The predicted octanol–water partition coefficient (Wildman–Crippen LogP) is 5.28. The summed E-state index contributed by atoms with van der Waals surface area (Å²) in [6.45, 7) is -4.04. The molecule has 0 N–H and O–H groups in total. The van der Waals surface area contributed by atoms with Gasteiger partial charge in [-0.15, -0.1) is 0 Å². The lowest BCUT2D eigenvalue weighted by atomic mass is 9.86. The van der Waals surface area contributed by atoms with Crippen molar-refractivity contribution in [1.29, 1.82) is 0 Å². The average molecular weight is 490 g/mol. The third-order valence-electron chi connectivity index (χ3n) is 4.30. The van der Waals surface area contributed by atoms with Gasteiger partial charge < -0.3 is 22.3 Å². The highest BCUT2D eigenvalue weighted by molar-refractivity contribution is 9.18. The molecule has 2 aliphatic rings. The van der Waals surface area contributed by atoms with Gasteiger partial charge in [-0.2, -0.15) is 0 Å². The minimum atomic E-state index is -4.04. The number of halogens is 5. The van der Waals surface area contributed by atoms with Crippen molar-refractivity contribution in [2.75, 3.05) is 7.11 Å². The highest BCUT2D eigenvalue weighted by atomic mass is 79.9. The van der Waals surface area contributed by atoms with Crippen molar-refractivity contribution in [3.05, 3.63) is 69.1 Å². The number of nitrogens with zero attached hydrogens (tertiary/aromatic N) is 2. The first-order valence-electron chi connectivity index (χ1n) is 7.34. The zero-order chi connectivity index (χ0) is 17.9. The quantitative estimate of drug-likeness (QED) is 0.524. The molecule has 0 atom stereocenters. The number of benzene rings is 1. The first-order valence-corrected chi connectivity index (χ1v) is 9.30. The Bertz CT molecular complexity index is 1010. The molecule has 0 fully saturated rings. The van der Waals surface area contributed by atoms with Gasteiger partial charge in [-0.3, -0.25) is 0 Å². The Hall–Kier alpha value is -1.38. The third kappa shape index (κ3) is 2.38. The highest BCUT2D eigenvalue weighted by Crippen LogP contribution is 2.44. The lowest BCUT2D eigenvalue weighted by molar-refractivity contribution is -0.358. The van der Waals surface area contributed by atoms with E-state index in [2.05, 4.69) is 31.9 Å². The van der Waals surface area contributed by atoms with Gasteiger partial charge in [-0.05, 0) is 46.3 Å². The fourth-order valence-electron chi connectivity index (χ4n) is 3.28. The summed E-state index contributed by atoms with van der Waals surface area (Å²) in [4.78, 5) is 0. The molecule has 3 nitrogen and oxygen atoms in total. The standard InChI is InChI=1S/C16H10BBr2ClF2N2O/c1-25-13-8-9(20)2-3-10(13)16-11-4-6-14(18)23(11)17(21,22)24-12(16)5-7-15(24)19/h2-8H,1H3. The molecule has 3 heterocycles. The minimum absolute atomic E-state index is 0.309. The lowest BCUT2D eigenvalue weighted by Crippen LogP contribution is -2.50. The first kappa shape index (κ1) is 17.1. The van der Waals surface area contributed by atoms with Gasteiger partial charge in [0.15, 0.2) is 5.70 Å². The van der Waals surface area contributed by atoms with Crippen molar-refractivity contribution >= 4 is 60.6 Å². The Labute approximate surface area is 164 Å². The molecule has 0 radical (unpaired) electrons. The van der Waals surface area contributed by atoms with E-state index in [1.54, 1.807) is 42.5 Å². The van der Waals surface area contributed by atoms with E-state index in [4.69, 9.17) is 16.3 Å². The van der Waals surface area contributed by atoms with E-state index in [0.717, 1.165) is 8.96 Å². The van der Waals surface area contributed by atoms with Crippen LogP contribution >= 0.6 is 43.5 Å². The molecular weight excluding hydrogens is 480 g/mol. The molecule has 0 bridgehead atoms. The van der Waals surface area contributed by atoms with Crippen LogP contribution in [-0.2, 0) is 0 Å². The number of ether oxygens (including phenoxy) is 1. The van der Waals surface area contributed by atoms with E-state index in [1.165, 1.54) is 7.11 Å². The van der Waals surface area contributed by atoms with E-state index in [1.807, 2.05) is 0 Å². The molecule has 0 amide bonds. The number of fused-ring (bicyclic) bond motifs is 2. The fraction of sp³-hybridized carbons (Fsp3) is 0.0625. The van der Waals surface area contributed by atoms with Crippen LogP contribution in [0.4, 0.5) is 8.63 Å². The minimum Gasteiger partial charge on any atom is -0.496 e. The van der Waals surface area contributed by atoms with E-state index >= 15 is 8.63 Å². The van der Waals surface area contributed by atoms with Gasteiger partial charge in [0, 0.05) is 44.4 Å². The Morgan fingerprint density at radius 3 is 2.64 bits per heavy atom. The van der Waals surface area contributed by atoms with E-state index < -0.39 is 6.97 Å². The van der Waals surface area contributed by atoms with Crippen LogP contribution in [0.5, 0.6) is 5.75 Å². The van der Waals surface area contributed by atoms with Crippen molar-refractivity contribution in [3.8, 4) is 5.75 Å². The third-order valence-corrected chi connectivity index (χ3v) is 5.83. The van der Waals surface area contributed by atoms with Crippen molar-refractivity contribution in [3.63, 3.8) is 0 Å². The summed E-state index contributed by atoms with van der Waals surface area (Å²) in [5, 5.41) is 0.514. The maximum Gasteiger partial charge on any atom is 0.738 e. The number of hydrogen-bond acceptors (Lipinski definition) is 1. The van der Waals surface area contributed by atoms with Crippen LogP contribution in [-0.4, -0.2) is 27.7 Å².